The van der Waals surface area contributed by atoms with Gasteiger partial charge in [0.15, 0.2) is 0 Å². The van der Waals surface area contributed by atoms with E-state index in [1.54, 1.807) is 13.0 Å². The summed E-state index contributed by atoms with van der Waals surface area (Å²) >= 11 is 0. The van der Waals surface area contributed by atoms with E-state index in [2.05, 4.69) is 12.2 Å². The predicted molar refractivity (Wildman–Crippen MR) is 48.9 cm³/mol. The highest BCUT2D eigenvalue weighted by molar-refractivity contribution is 5.81. The fourth-order valence-corrected chi connectivity index (χ4v) is 0.710. The number of nitrogens with one attached hydrogen (secondary N) is 1. The molecule has 0 saturated heterocycles. The lowest BCUT2D eigenvalue weighted by Gasteiger charge is -2.02. The Hall–Kier alpha value is -0.830. The maximum atomic E-state index is 10.7. The van der Waals surface area contributed by atoms with Crippen LogP contribution in [0, 0.1) is 0 Å². The van der Waals surface area contributed by atoms with E-state index in [0.717, 1.165) is 19.5 Å². The number of hydrogen-bond donors (Lipinski definition) is 1. The third-order valence-electron chi connectivity index (χ3n) is 1.25. The van der Waals surface area contributed by atoms with Crippen LogP contribution in [-0.2, 0) is 9.53 Å². The molecule has 0 saturated carbocycles. The number of carbonyl (C=O) groups is 1. The van der Waals surface area contributed by atoms with Crippen LogP contribution in [0.5, 0.6) is 0 Å². The van der Waals surface area contributed by atoms with Crippen molar-refractivity contribution in [3.05, 3.63) is 12.2 Å². The molecule has 0 aromatic carbocycles. The van der Waals surface area contributed by atoms with Gasteiger partial charge in [-0.05, 0) is 19.9 Å². The summed E-state index contributed by atoms with van der Waals surface area (Å²) in [6.07, 6.45) is 4.18. The first-order valence-electron chi connectivity index (χ1n) is 4.31. The molecule has 0 radical (unpaired) electrons. The van der Waals surface area contributed by atoms with Gasteiger partial charge in [0.05, 0.1) is 0 Å². The van der Waals surface area contributed by atoms with Crippen molar-refractivity contribution in [1.29, 1.82) is 0 Å². The van der Waals surface area contributed by atoms with Gasteiger partial charge >= 0.3 is 5.97 Å². The van der Waals surface area contributed by atoms with Crippen molar-refractivity contribution in [2.24, 2.45) is 0 Å². The minimum atomic E-state index is -0.268. The Morgan fingerprint density at radius 2 is 2.25 bits per heavy atom. The summed E-state index contributed by atoms with van der Waals surface area (Å²) in [6.45, 7) is 6.04. The van der Waals surface area contributed by atoms with Gasteiger partial charge in [-0.2, -0.15) is 0 Å². The molecule has 0 unspecified atom stereocenters. The number of carbonyl (C=O) groups excluding carboxylic acids is 1. The number of esters is 1. The molecule has 0 bridgehead atoms. The Balaban J connectivity index is 3.14. The fraction of sp³-hybridized carbons (Fsp3) is 0.667. The Morgan fingerprint density at radius 3 is 2.83 bits per heavy atom. The van der Waals surface area contributed by atoms with Crippen LogP contribution in [0.1, 0.15) is 20.3 Å². The highest BCUT2D eigenvalue weighted by Gasteiger charge is 1.93. The first kappa shape index (κ1) is 11.2. The monoisotopic (exact) mass is 171 g/mol. The quantitative estimate of drug-likeness (QED) is 0.369. The molecule has 70 valence electrons. The molecule has 0 aliphatic carbocycles. The Labute approximate surface area is 73.8 Å². The summed E-state index contributed by atoms with van der Waals surface area (Å²) in [7, 11) is 0. The molecule has 0 aliphatic heterocycles. The van der Waals surface area contributed by atoms with Gasteiger partial charge in [0.25, 0.3) is 0 Å². The number of ether oxygens (including phenoxy) is 1. The van der Waals surface area contributed by atoms with E-state index in [1.807, 2.05) is 0 Å². The van der Waals surface area contributed by atoms with Gasteiger partial charge in [0.2, 0.25) is 0 Å². The summed E-state index contributed by atoms with van der Waals surface area (Å²) in [4.78, 5) is 10.7. The van der Waals surface area contributed by atoms with Crippen molar-refractivity contribution < 1.29 is 9.53 Å². The van der Waals surface area contributed by atoms with Crippen LogP contribution in [0.4, 0.5) is 0 Å². The van der Waals surface area contributed by atoms with Crippen molar-refractivity contribution in [1.82, 2.24) is 5.32 Å². The molecule has 0 amide bonds. The highest BCUT2D eigenvalue weighted by Crippen LogP contribution is 1.80. The zero-order valence-electron chi connectivity index (χ0n) is 7.80. The van der Waals surface area contributed by atoms with Crippen LogP contribution in [0.3, 0.4) is 0 Å². The average Bonchev–Trinajstić information content (AvgIpc) is 2.05. The smallest absolute Gasteiger partial charge is 0.330 e. The highest BCUT2D eigenvalue weighted by atomic mass is 16.5. The second kappa shape index (κ2) is 8.27. The van der Waals surface area contributed by atoms with Gasteiger partial charge in [-0.25, -0.2) is 4.79 Å². The van der Waals surface area contributed by atoms with Gasteiger partial charge < -0.3 is 10.1 Å². The second-order valence-corrected chi connectivity index (χ2v) is 2.42. The lowest BCUT2D eigenvalue weighted by molar-refractivity contribution is -0.137. The summed E-state index contributed by atoms with van der Waals surface area (Å²) in [5.41, 5.74) is 0. The first-order valence-corrected chi connectivity index (χ1v) is 4.31. The molecule has 0 rings (SSSR count). The molecule has 0 aliphatic rings. The fourth-order valence-electron chi connectivity index (χ4n) is 0.710. The van der Waals surface area contributed by atoms with Crippen molar-refractivity contribution >= 4 is 5.97 Å². The van der Waals surface area contributed by atoms with E-state index in [1.165, 1.54) is 6.08 Å². The standard InChI is InChI=1S/C9H17NO2/c1-3-5-9(11)12-8-7-10-6-4-2/h3,5,10H,4,6-8H2,1-2H3/b5-3+. The zero-order valence-corrected chi connectivity index (χ0v) is 7.80. The minimum absolute atomic E-state index is 0.268. The number of rotatable bonds is 6. The molecule has 0 heterocycles. The molecule has 0 fully saturated rings. The van der Waals surface area contributed by atoms with Crippen LogP contribution in [0.2, 0.25) is 0 Å². The van der Waals surface area contributed by atoms with E-state index < -0.39 is 0 Å². The van der Waals surface area contributed by atoms with Crippen LogP contribution in [-0.4, -0.2) is 25.7 Å². The molecular formula is C9H17NO2. The molecule has 0 spiro atoms. The average molecular weight is 171 g/mol. The molecule has 1 N–H and O–H groups in total. The molecule has 3 heteroatoms. The minimum Gasteiger partial charge on any atom is -0.461 e. The van der Waals surface area contributed by atoms with Crippen molar-refractivity contribution in [2.45, 2.75) is 20.3 Å². The molecular weight excluding hydrogens is 154 g/mol. The van der Waals surface area contributed by atoms with E-state index >= 15 is 0 Å². The van der Waals surface area contributed by atoms with Gasteiger partial charge in [-0.15, -0.1) is 0 Å². The van der Waals surface area contributed by atoms with Crippen molar-refractivity contribution in [3.8, 4) is 0 Å². The summed E-state index contributed by atoms with van der Waals surface area (Å²) in [6, 6.07) is 0. The number of hydrogen-bond acceptors (Lipinski definition) is 3. The van der Waals surface area contributed by atoms with Crippen molar-refractivity contribution in [2.75, 3.05) is 19.7 Å². The SMILES string of the molecule is C/C=C/C(=O)OCCNCCC. The third kappa shape index (κ3) is 7.28. The zero-order chi connectivity index (χ0) is 9.23. The summed E-state index contributed by atoms with van der Waals surface area (Å²) in [5, 5.41) is 3.13. The lowest BCUT2D eigenvalue weighted by atomic mass is 10.5. The molecule has 0 aromatic heterocycles. The van der Waals surface area contributed by atoms with Crippen molar-refractivity contribution in [3.63, 3.8) is 0 Å². The van der Waals surface area contributed by atoms with Gasteiger partial charge in [-0.1, -0.05) is 13.0 Å². The second-order valence-electron chi connectivity index (χ2n) is 2.42. The van der Waals surface area contributed by atoms with Gasteiger partial charge in [0.1, 0.15) is 6.61 Å². The molecule has 0 aromatic rings. The van der Waals surface area contributed by atoms with Crippen LogP contribution < -0.4 is 5.32 Å². The van der Waals surface area contributed by atoms with E-state index in [0.29, 0.717) is 6.61 Å². The van der Waals surface area contributed by atoms with Crippen LogP contribution in [0.25, 0.3) is 0 Å². The Bertz CT molecular complexity index is 143. The van der Waals surface area contributed by atoms with Gasteiger partial charge in [0, 0.05) is 12.6 Å². The molecule has 3 nitrogen and oxygen atoms in total. The maximum absolute atomic E-state index is 10.7. The Kier molecular flexibility index (Phi) is 7.70. The summed E-state index contributed by atoms with van der Waals surface area (Å²) < 4.78 is 4.84. The topological polar surface area (TPSA) is 38.3 Å². The third-order valence-corrected chi connectivity index (χ3v) is 1.25. The molecule has 12 heavy (non-hydrogen) atoms. The van der Waals surface area contributed by atoms with E-state index in [-0.39, 0.29) is 5.97 Å². The van der Waals surface area contributed by atoms with E-state index in [9.17, 15) is 4.79 Å². The number of allylic oxidation sites excluding steroid dienone is 1. The normalized spacial score (nSPS) is 10.5. The maximum Gasteiger partial charge on any atom is 0.330 e. The van der Waals surface area contributed by atoms with Gasteiger partial charge in [-0.3, -0.25) is 0 Å². The van der Waals surface area contributed by atoms with Crippen LogP contribution in [0.15, 0.2) is 12.2 Å². The van der Waals surface area contributed by atoms with E-state index in [4.69, 9.17) is 4.74 Å². The predicted octanol–water partition coefficient (Wildman–Crippen LogP) is 1.11. The molecule has 0 atom stereocenters. The Morgan fingerprint density at radius 1 is 1.50 bits per heavy atom. The van der Waals surface area contributed by atoms with Crippen LogP contribution >= 0.6 is 0 Å². The lowest BCUT2D eigenvalue weighted by Crippen LogP contribution is -2.21. The summed E-state index contributed by atoms with van der Waals surface area (Å²) in [5.74, 6) is -0.268. The largest absolute Gasteiger partial charge is 0.461 e. The first-order chi connectivity index (χ1) is 5.81.